The van der Waals surface area contributed by atoms with Gasteiger partial charge in [0.15, 0.2) is 6.17 Å². The molecule has 0 aliphatic carbocycles. The Labute approximate surface area is 201 Å². The van der Waals surface area contributed by atoms with Crippen molar-refractivity contribution in [3.63, 3.8) is 0 Å². The lowest BCUT2D eigenvalue weighted by molar-refractivity contribution is -0.145. The molecule has 0 radical (unpaired) electrons. The molecule has 9 nitrogen and oxygen atoms in total. The first-order chi connectivity index (χ1) is 16.3. The standard InChI is InChI=1S/C24H27N3O6S/c1-34-13-11-19(25)23(30)33-22(29)17-10-9-16(14-18(17)15-6-3-2-4-7-15)32-24(31)21(26)27-12-5-8-20(27)28/h2-4,6-7,9-10,14,19,21H,5,8,11-13,25-26H2,1H3/t19-,21?/m0/s1. The van der Waals surface area contributed by atoms with Gasteiger partial charge in [0.1, 0.15) is 11.8 Å². The van der Waals surface area contributed by atoms with E-state index < -0.39 is 30.1 Å². The van der Waals surface area contributed by atoms with Crippen molar-refractivity contribution in [3.8, 4) is 16.9 Å². The predicted octanol–water partition coefficient (Wildman–Crippen LogP) is 1.93. The summed E-state index contributed by atoms with van der Waals surface area (Å²) in [4.78, 5) is 50.7. The quantitative estimate of drug-likeness (QED) is 0.309. The summed E-state index contributed by atoms with van der Waals surface area (Å²) in [5.41, 5.74) is 12.9. The number of carbonyl (C=O) groups is 4. The fourth-order valence-electron chi connectivity index (χ4n) is 3.47. The highest BCUT2D eigenvalue weighted by atomic mass is 32.2. The van der Waals surface area contributed by atoms with E-state index in [-0.39, 0.29) is 17.2 Å². The Hall–Kier alpha value is -3.21. The minimum Gasteiger partial charge on any atom is -0.424 e. The van der Waals surface area contributed by atoms with Gasteiger partial charge in [0.05, 0.1) is 5.56 Å². The molecule has 3 rings (SSSR count). The second kappa shape index (κ2) is 11.8. The summed E-state index contributed by atoms with van der Waals surface area (Å²) < 4.78 is 10.4. The first-order valence-electron chi connectivity index (χ1n) is 10.8. The summed E-state index contributed by atoms with van der Waals surface area (Å²) in [7, 11) is 0. The zero-order valence-corrected chi connectivity index (χ0v) is 19.6. The van der Waals surface area contributed by atoms with Gasteiger partial charge in [0, 0.05) is 13.0 Å². The van der Waals surface area contributed by atoms with Crippen molar-refractivity contribution >= 4 is 35.6 Å². The lowest BCUT2D eigenvalue weighted by Crippen LogP contribution is -2.50. The molecular weight excluding hydrogens is 458 g/mol. The molecular formula is C24H27N3O6S. The molecule has 0 saturated carbocycles. The molecule has 180 valence electrons. The van der Waals surface area contributed by atoms with Gasteiger partial charge in [-0.2, -0.15) is 11.8 Å². The number of likely N-dealkylation sites (tertiary alicyclic amines) is 1. The van der Waals surface area contributed by atoms with Gasteiger partial charge < -0.3 is 25.8 Å². The lowest BCUT2D eigenvalue weighted by atomic mass is 9.99. The van der Waals surface area contributed by atoms with Crippen molar-refractivity contribution in [2.24, 2.45) is 11.5 Å². The number of amides is 1. The smallest absolute Gasteiger partial charge is 0.349 e. The van der Waals surface area contributed by atoms with E-state index in [0.717, 1.165) is 0 Å². The van der Waals surface area contributed by atoms with Crippen molar-refractivity contribution < 1.29 is 28.7 Å². The molecule has 10 heteroatoms. The molecule has 1 amide bonds. The summed E-state index contributed by atoms with van der Waals surface area (Å²) in [6.07, 6.45) is 2.03. The van der Waals surface area contributed by atoms with Gasteiger partial charge in [-0.25, -0.2) is 14.4 Å². The van der Waals surface area contributed by atoms with Crippen molar-refractivity contribution in [2.75, 3.05) is 18.6 Å². The Bertz CT molecular complexity index is 1060. The summed E-state index contributed by atoms with van der Waals surface area (Å²) in [5, 5.41) is 0. The SMILES string of the molecule is CSCC[C@H](N)C(=O)OC(=O)c1ccc(OC(=O)C(N)N2CCCC2=O)cc1-c1ccccc1. The molecule has 2 aromatic rings. The number of benzene rings is 2. The number of nitrogens with two attached hydrogens (primary N) is 2. The molecule has 2 aromatic carbocycles. The highest BCUT2D eigenvalue weighted by Crippen LogP contribution is 2.29. The molecule has 1 unspecified atom stereocenters. The van der Waals surface area contributed by atoms with Gasteiger partial charge in [0.25, 0.3) is 0 Å². The van der Waals surface area contributed by atoms with Crippen LogP contribution < -0.4 is 16.2 Å². The van der Waals surface area contributed by atoms with E-state index in [2.05, 4.69) is 0 Å². The van der Waals surface area contributed by atoms with Crippen molar-refractivity contribution in [3.05, 3.63) is 54.1 Å². The lowest BCUT2D eigenvalue weighted by Gasteiger charge is -2.22. The second-order valence-electron chi connectivity index (χ2n) is 7.73. The summed E-state index contributed by atoms with van der Waals surface area (Å²) in [6.45, 7) is 0.391. The van der Waals surface area contributed by atoms with Gasteiger partial charge in [-0.15, -0.1) is 0 Å². The van der Waals surface area contributed by atoms with E-state index in [1.165, 1.54) is 34.9 Å². The van der Waals surface area contributed by atoms with Crippen LogP contribution in [0.25, 0.3) is 11.1 Å². The molecule has 1 aliphatic rings. The van der Waals surface area contributed by atoms with Crippen LogP contribution in [-0.2, 0) is 19.1 Å². The molecule has 1 heterocycles. The first kappa shape index (κ1) is 25.4. The van der Waals surface area contributed by atoms with Crippen LogP contribution in [0.5, 0.6) is 5.75 Å². The average molecular weight is 486 g/mol. The van der Waals surface area contributed by atoms with Crippen LogP contribution >= 0.6 is 11.8 Å². The molecule has 1 saturated heterocycles. The van der Waals surface area contributed by atoms with Gasteiger partial charge in [-0.3, -0.25) is 4.79 Å². The summed E-state index contributed by atoms with van der Waals surface area (Å²) in [6, 6.07) is 12.3. The van der Waals surface area contributed by atoms with Crippen molar-refractivity contribution in [2.45, 2.75) is 31.5 Å². The maximum atomic E-state index is 12.8. The van der Waals surface area contributed by atoms with E-state index in [1.807, 2.05) is 12.3 Å². The van der Waals surface area contributed by atoms with E-state index in [4.69, 9.17) is 20.9 Å². The molecule has 34 heavy (non-hydrogen) atoms. The van der Waals surface area contributed by atoms with E-state index in [9.17, 15) is 19.2 Å². The fourth-order valence-corrected chi connectivity index (χ4v) is 3.96. The van der Waals surface area contributed by atoms with Gasteiger partial charge in [-0.05, 0) is 54.2 Å². The average Bonchev–Trinajstić information content (AvgIpc) is 3.27. The second-order valence-corrected chi connectivity index (χ2v) is 8.71. The zero-order valence-electron chi connectivity index (χ0n) is 18.8. The Balaban J connectivity index is 1.82. The van der Waals surface area contributed by atoms with Gasteiger partial charge >= 0.3 is 17.9 Å². The molecule has 4 N–H and O–H groups in total. The van der Waals surface area contributed by atoms with Gasteiger partial charge in [-0.1, -0.05) is 30.3 Å². The largest absolute Gasteiger partial charge is 0.424 e. The van der Waals surface area contributed by atoms with E-state index >= 15 is 0 Å². The highest BCUT2D eigenvalue weighted by Gasteiger charge is 2.31. The topological polar surface area (TPSA) is 142 Å². The summed E-state index contributed by atoms with van der Waals surface area (Å²) in [5.74, 6) is -1.88. The van der Waals surface area contributed by atoms with Gasteiger partial charge in [0.2, 0.25) is 5.91 Å². The normalized spacial score (nSPS) is 15.0. The van der Waals surface area contributed by atoms with Crippen LogP contribution in [-0.4, -0.2) is 59.5 Å². The molecule has 0 aromatic heterocycles. The van der Waals surface area contributed by atoms with E-state index in [0.29, 0.717) is 42.7 Å². The van der Waals surface area contributed by atoms with Crippen LogP contribution in [0.2, 0.25) is 0 Å². The number of carbonyl (C=O) groups excluding carboxylic acids is 4. The number of hydrogen-bond donors (Lipinski definition) is 2. The Morgan fingerprint density at radius 3 is 2.47 bits per heavy atom. The molecule has 0 spiro atoms. The Kier molecular flexibility index (Phi) is 8.80. The number of nitrogens with zero attached hydrogens (tertiary/aromatic N) is 1. The highest BCUT2D eigenvalue weighted by molar-refractivity contribution is 7.98. The number of rotatable bonds is 9. The molecule has 1 aliphatic heterocycles. The Morgan fingerprint density at radius 1 is 1.09 bits per heavy atom. The zero-order chi connectivity index (χ0) is 24.7. The first-order valence-corrected chi connectivity index (χ1v) is 12.2. The maximum Gasteiger partial charge on any atom is 0.349 e. The summed E-state index contributed by atoms with van der Waals surface area (Å²) >= 11 is 1.53. The third-order valence-corrected chi connectivity index (χ3v) is 5.97. The maximum absolute atomic E-state index is 12.8. The molecule has 1 fully saturated rings. The van der Waals surface area contributed by atoms with Crippen LogP contribution in [0.4, 0.5) is 0 Å². The minimum atomic E-state index is -1.22. The number of esters is 3. The number of ether oxygens (including phenoxy) is 2. The van der Waals surface area contributed by atoms with E-state index in [1.54, 1.807) is 24.3 Å². The monoisotopic (exact) mass is 485 g/mol. The van der Waals surface area contributed by atoms with Crippen molar-refractivity contribution in [1.82, 2.24) is 4.90 Å². The third kappa shape index (κ3) is 6.22. The Morgan fingerprint density at radius 2 is 1.82 bits per heavy atom. The predicted molar refractivity (Wildman–Crippen MR) is 128 cm³/mol. The number of thioether (sulfide) groups is 1. The van der Waals surface area contributed by atoms with Crippen molar-refractivity contribution in [1.29, 1.82) is 0 Å². The third-order valence-electron chi connectivity index (χ3n) is 5.33. The molecule has 2 atom stereocenters. The van der Waals surface area contributed by atoms with Crippen LogP contribution in [0, 0.1) is 0 Å². The number of hydrogen-bond acceptors (Lipinski definition) is 9. The fraction of sp³-hybridized carbons (Fsp3) is 0.333. The molecule has 0 bridgehead atoms. The van der Waals surface area contributed by atoms with Crippen LogP contribution in [0.1, 0.15) is 29.6 Å². The van der Waals surface area contributed by atoms with Crippen LogP contribution in [0.3, 0.4) is 0 Å². The van der Waals surface area contributed by atoms with Crippen LogP contribution in [0.15, 0.2) is 48.5 Å². The minimum absolute atomic E-state index is 0.107.